The number of hydrogen-bond acceptors (Lipinski definition) is 3. The van der Waals surface area contributed by atoms with Gasteiger partial charge in [0.25, 0.3) is 0 Å². The van der Waals surface area contributed by atoms with Crippen molar-refractivity contribution in [2.24, 2.45) is 0 Å². The van der Waals surface area contributed by atoms with Crippen molar-refractivity contribution in [1.82, 2.24) is 5.32 Å². The van der Waals surface area contributed by atoms with Crippen molar-refractivity contribution in [3.63, 3.8) is 0 Å². The Morgan fingerprint density at radius 2 is 2.35 bits per heavy atom. The molecule has 1 unspecified atom stereocenters. The molecule has 2 rings (SSSR count). The minimum Gasteiger partial charge on any atom is -0.493 e. The molecule has 0 radical (unpaired) electrons. The summed E-state index contributed by atoms with van der Waals surface area (Å²) in [7, 11) is 1.75. The van der Waals surface area contributed by atoms with E-state index in [0.29, 0.717) is 6.04 Å². The largest absolute Gasteiger partial charge is 0.493 e. The van der Waals surface area contributed by atoms with E-state index in [-0.39, 0.29) is 0 Å². The summed E-state index contributed by atoms with van der Waals surface area (Å²) in [4.78, 5) is 0. The van der Waals surface area contributed by atoms with Gasteiger partial charge < -0.3 is 14.8 Å². The summed E-state index contributed by atoms with van der Waals surface area (Å²) in [6, 6.07) is 6.90. The van der Waals surface area contributed by atoms with Gasteiger partial charge in [0.1, 0.15) is 5.75 Å². The lowest BCUT2D eigenvalue weighted by Gasteiger charge is -2.16. The van der Waals surface area contributed by atoms with Crippen LogP contribution in [0.5, 0.6) is 5.75 Å². The fourth-order valence-corrected chi connectivity index (χ4v) is 2.13. The Hall–Kier alpha value is -1.06. The monoisotopic (exact) mass is 235 g/mol. The van der Waals surface area contributed by atoms with Crippen LogP contribution in [0.25, 0.3) is 0 Å². The SMILES string of the molecule is CCC(COC)NCc1ccc2c(c1)CCO2. The summed E-state index contributed by atoms with van der Waals surface area (Å²) in [5.74, 6) is 1.05. The van der Waals surface area contributed by atoms with E-state index in [2.05, 4.69) is 30.4 Å². The molecule has 1 aliphatic rings. The molecule has 0 aliphatic carbocycles. The Morgan fingerprint density at radius 1 is 1.47 bits per heavy atom. The normalized spacial score (nSPS) is 15.4. The molecule has 0 bridgehead atoms. The third kappa shape index (κ3) is 3.20. The van der Waals surface area contributed by atoms with Gasteiger partial charge in [-0.1, -0.05) is 19.1 Å². The molecule has 1 aromatic carbocycles. The highest BCUT2D eigenvalue weighted by Crippen LogP contribution is 2.25. The predicted molar refractivity (Wildman–Crippen MR) is 68.4 cm³/mol. The fraction of sp³-hybridized carbons (Fsp3) is 0.571. The van der Waals surface area contributed by atoms with Gasteiger partial charge in [0.05, 0.1) is 13.2 Å². The van der Waals surface area contributed by atoms with E-state index in [0.717, 1.165) is 38.3 Å². The molecule has 1 atom stereocenters. The molecule has 1 N–H and O–H groups in total. The second-order valence-corrected chi connectivity index (χ2v) is 4.48. The van der Waals surface area contributed by atoms with Crippen molar-refractivity contribution in [1.29, 1.82) is 0 Å². The molecule has 0 saturated carbocycles. The number of nitrogens with one attached hydrogen (secondary N) is 1. The molecule has 0 fully saturated rings. The third-order valence-electron chi connectivity index (χ3n) is 3.21. The Bertz CT molecular complexity index is 365. The van der Waals surface area contributed by atoms with E-state index < -0.39 is 0 Å². The van der Waals surface area contributed by atoms with Crippen LogP contribution in [0, 0.1) is 0 Å². The topological polar surface area (TPSA) is 30.5 Å². The fourth-order valence-electron chi connectivity index (χ4n) is 2.13. The van der Waals surface area contributed by atoms with Crippen molar-refractivity contribution in [2.75, 3.05) is 20.3 Å². The molecule has 0 aromatic heterocycles. The molecule has 0 amide bonds. The van der Waals surface area contributed by atoms with Gasteiger partial charge in [-0.05, 0) is 23.6 Å². The number of methoxy groups -OCH3 is 1. The van der Waals surface area contributed by atoms with E-state index in [9.17, 15) is 0 Å². The third-order valence-corrected chi connectivity index (χ3v) is 3.21. The maximum absolute atomic E-state index is 5.50. The van der Waals surface area contributed by atoms with Crippen LogP contribution < -0.4 is 10.1 Å². The molecule has 1 aromatic rings. The number of ether oxygens (including phenoxy) is 2. The van der Waals surface area contributed by atoms with Crippen molar-refractivity contribution >= 4 is 0 Å². The number of rotatable bonds is 6. The average molecular weight is 235 g/mol. The van der Waals surface area contributed by atoms with Crippen LogP contribution in [0.1, 0.15) is 24.5 Å². The zero-order valence-corrected chi connectivity index (χ0v) is 10.7. The molecule has 1 aliphatic heterocycles. The molecule has 3 nitrogen and oxygen atoms in total. The van der Waals surface area contributed by atoms with Gasteiger partial charge in [0.15, 0.2) is 0 Å². The molecule has 0 saturated heterocycles. The number of fused-ring (bicyclic) bond motifs is 1. The predicted octanol–water partition coefficient (Wildman–Crippen LogP) is 2.14. The van der Waals surface area contributed by atoms with Gasteiger partial charge in [-0.3, -0.25) is 0 Å². The van der Waals surface area contributed by atoms with Gasteiger partial charge in [0.2, 0.25) is 0 Å². The van der Waals surface area contributed by atoms with Gasteiger partial charge in [-0.25, -0.2) is 0 Å². The van der Waals surface area contributed by atoms with Crippen LogP contribution in [0.4, 0.5) is 0 Å². The second-order valence-electron chi connectivity index (χ2n) is 4.48. The molecular weight excluding hydrogens is 214 g/mol. The van der Waals surface area contributed by atoms with E-state index in [1.165, 1.54) is 11.1 Å². The van der Waals surface area contributed by atoms with E-state index in [4.69, 9.17) is 9.47 Å². The lowest BCUT2D eigenvalue weighted by atomic mass is 10.1. The standard InChI is InChI=1S/C14H21NO2/c1-3-13(10-16-2)15-9-11-4-5-14-12(8-11)6-7-17-14/h4-5,8,13,15H,3,6-7,9-10H2,1-2H3. The van der Waals surface area contributed by atoms with Crippen LogP contribution in [0.3, 0.4) is 0 Å². The lowest BCUT2D eigenvalue weighted by molar-refractivity contribution is 0.164. The number of hydrogen-bond donors (Lipinski definition) is 1. The van der Waals surface area contributed by atoms with Crippen LogP contribution in [-0.2, 0) is 17.7 Å². The minimum atomic E-state index is 0.435. The Morgan fingerprint density at radius 3 is 3.12 bits per heavy atom. The van der Waals surface area contributed by atoms with Gasteiger partial charge in [0, 0.05) is 26.1 Å². The van der Waals surface area contributed by atoms with Crippen LogP contribution in [-0.4, -0.2) is 26.4 Å². The highest BCUT2D eigenvalue weighted by molar-refractivity contribution is 5.39. The molecule has 0 spiro atoms. The minimum absolute atomic E-state index is 0.435. The van der Waals surface area contributed by atoms with E-state index >= 15 is 0 Å². The lowest BCUT2D eigenvalue weighted by Crippen LogP contribution is -2.32. The summed E-state index contributed by atoms with van der Waals surface area (Å²) < 4.78 is 10.7. The quantitative estimate of drug-likeness (QED) is 0.819. The zero-order valence-electron chi connectivity index (χ0n) is 10.7. The summed E-state index contributed by atoms with van der Waals surface area (Å²) in [6.45, 7) is 4.67. The molecule has 94 valence electrons. The maximum atomic E-state index is 5.50. The van der Waals surface area contributed by atoms with Crippen LogP contribution >= 0.6 is 0 Å². The van der Waals surface area contributed by atoms with Crippen molar-refractivity contribution in [3.8, 4) is 5.75 Å². The first-order valence-electron chi connectivity index (χ1n) is 6.30. The van der Waals surface area contributed by atoms with E-state index in [1.54, 1.807) is 7.11 Å². The first-order chi connectivity index (χ1) is 8.33. The molecule has 3 heteroatoms. The first-order valence-corrected chi connectivity index (χ1v) is 6.30. The van der Waals surface area contributed by atoms with Crippen molar-refractivity contribution in [2.45, 2.75) is 32.4 Å². The molecule has 1 heterocycles. The van der Waals surface area contributed by atoms with Crippen molar-refractivity contribution in [3.05, 3.63) is 29.3 Å². The summed E-state index contributed by atoms with van der Waals surface area (Å²) >= 11 is 0. The summed E-state index contributed by atoms with van der Waals surface area (Å²) in [6.07, 6.45) is 2.13. The maximum Gasteiger partial charge on any atom is 0.122 e. The van der Waals surface area contributed by atoms with Gasteiger partial charge in [-0.15, -0.1) is 0 Å². The highest BCUT2D eigenvalue weighted by Gasteiger charge is 2.12. The van der Waals surface area contributed by atoms with Crippen LogP contribution in [0.2, 0.25) is 0 Å². The number of benzene rings is 1. The van der Waals surface area contributed by atoms with Crippen LogP contribution in [0.15, 0.2) is 18.2 Å². The first kappa shape index (κ1) is 12.4. The summed E-state index contributed by atoms with van der Waals surface area (Å²) in [5, 5.41) is 3.51. The Balaban J connectivity index is 1.90. The van der Waals surface area contributed by atoms with E-state index in [1.807, 2.05) is 0 Å². The highest BCUT2D eigenvalue weighted by atomic mass is 16.5. The summed E-state index contributed by atoms with van der Waals surface area (Å²) in [5.41, 5.74) is 2.66. The van der Waals surface area contributed by atoms with Crippen molar-refractivity contribution < 1.29 is 9.47 Å². The molecular formula is C14H21NO2. The smallest absolute Gasteiger partial charge is 0.122 e. The molecule has 17 heavy (non-hydrogen) atoms. The van der Waals surface area contributed by atoms with Gasteiger partial charge in [-0.2, -0.15) is 0 Å². The second kappa shape index (κ2) is 6.03. The zero-order chi connectivity index (χ0) is 12.1. The van der Waals surface area contributed by atoms with Gasteiger partial charge >= 0.3 is 0 Å². The average Bonchev–Trinajstić information content (AvgIpc) is 2.81. The Labute approximate surface area is 103 Å². The Kier molecular flexibility index (Phi) is 4.40.